The summed E-state index contributed by atoms with van der Waals surface area (Å²) in [5.41, 5.74) is 1.62. The fourth-order valence-corrected chi connectivity index (χ4v) is 2.85. The fraction of sp³-hybridized carbons (Fsp3) is 0.353. The Hall–Kier alpha value is -2.67. The molecule has 0 radical (unpaired) electrons. The Morgan fingerprint density at radius 2 is 2.12 bits per heavy atom. The van der Waals surface area contributed by atoms with Crippen LogP contribution in [0.25, 0.3) is 0 Å². The minimum atomic E-state index is -0.250. The second-order valence-electron chi connectivity index (χ2n) is 5.44. The minimum absolute atomic E-state index is 0.0373. The zero-order chi connectivity index (χ0) is 16.9. The van der Waals surface area contributed by atoms with Gasteiger partial charge in [0.05, 0.1) is 25.9 Å². The molecule has 1 fully saturated rings. The molecule has 2 aromatic rings. The number of nitrogens with zero attached hydrogens (tertiary/aromatic N) is 3. The van der Waals surface area contributed by atoms with E-state index in [4.69, 9.17) is 9.47 Å². The highest BCUT2D eigenvalue weighted by molar-refractivity contribution is 6.00. The van der Waals surface area contributed by atoms with E-state index in [1.807, 2.05) is 24.3 Å². The van der Waals surface area contributed by atoms with Crippen LogP contribution in [-0.2, 0) is 11.3 Å². The molecule has 7 heteroatoms. The van der Waals surface area contributed by atoms with Gasteiger partial charge in [0.15, 0.2) is 0 Å². The Balaban J connectivity index is 1.68. The van der Waals surface area contributed by atoms with E-state index >= 15 is 0 Å². The average molecular weight is 328 g/mol. The molecule has 126 valence electrons. The van der Waals surface area contributed by atoms with Gasteiger partial charge in [0.1, 0.15) is 12.1 Å². The molecule has 3 rings (SSSR count). The van der Waals surface area contributed by atoms with Crippen LogP contribution in [-0.4, -0.2) is 42.7 Å². The molecule has 0 bridgehead atoms. The van der Waals surface area contributed by atoms with Crippen LogP contribution >= 0.6 is 0 Å². The molecule has 7 nitrogen and oxygen atoms in total. The topological polar surface area (TPSA) is 76.6 Å². The molecular formula is C17H20N4O3. The van der Waals surface area contributed by atoms with Crippen molar-refractivity contribution in [3.8, 4) is 11.6 Å². The summed E-state index contributed by atoms with van der Waals surface area (Å²) in [7, 11) is 3.17. The van der Waals surface area contributed by atoms with Gasteiger partial charge in [0.25, 0.3) is 0 Å². The van der Waals surface area contributed by atoms with Gasteiger partial charge in [-0.2, -0.15) is 0 Å². The number of anilines is 1. The van der Waals surface area contributed by atoms with E-state index in [1.165, 1.54) is 6.33 Å². The summed E-state index contributed by atoms with van der Waals surface area (Å²) in [6, 6.07) is 7.29. The van der Waals surface area contributed by atoms with Crippen LogP contribution in [0.4, 0.5) is 5.69 Å². The first kappa shape index (κ1) is 16.2. The Bertz CT molecular complexity index is 722. The molecule has 1 atom stereocenters. The molecule has 1 aliphatic rings. The number of amides is 1. The number of hydrogen-bond donors (Lipinski definition) is 1. The van der Waals surface area contributed by atoms with Crippen molar-refractivity contribution in [3.05, 3.63) is 42.4 Å². The van der Waals surface area contributed by atoms with Gasteiger partial charge in [-0.3, -0.25) is 4.79 Å². The maximum absolute atomic E-state index is 12.7. The number of ether oxygens (including phenoxy) is 2. The van der Waals surface area contributed by atoms with Gasteiger partial charge in [-0.05, 0) is 18.6 Å². The summed E-state index contributed by atoms with van der Waals surface area (Å²) < 4.78 is 10.6. The number of nitrogens with one attached hydrogen (secondary N) is 1. The lowest BCUT2D eigenvalue weighted by Crippen LogP contribution is -2.38. The average Bonchev–Trinajstić information content (AvgIpc) is 3.00. The van der Waals surface area contributed by atoms with Gasteiger partial charge >= 0.3 is 0 Å². The normalized spacial score (nSPS) is 17.2. The van der Waals surface area contributed by atoms with E-state index in [1.54, 1.807) is 25.3 Å². The molecule has 1 amide bonds. The van der Waals surface area contributed by atoms with Crippen molar-refractivity contribution in [2.75, 3.05) is 25.7 Å². The van der Waals surface area contributed by atoms with E-state index in [0.29, 0.717) is 24.7 Å². The second-order valence-corrected chi connectivity index (χ2v) is 5.44. The van der Waals surface area contributed by atoms with Gasteiger partial charge in [-0.15, -0.1) is 0 Å². The first-order chi connectivity index (χ1) is 11.7. The standard InChI is InChI=1S/C17H20N4O3/c1-23-15-6-4-3-5-14(15)21-8-7-13(17(21)22)19-10-12-9-18-11-20-16(12)24-2/h3-6,9,11,13,19H,7-8,10H2,1-2H3. The number of benzene rings is 1. The summed E-state index contributed by atoms with van der Waals surface area (Å²) in [5.74, 6) is 1.25. The first-order valence-corrected chi connectivity index (χ1v) is 7.75. The summed E-state index contributed by atoms with van der Waals surface area (Å²) in [6.45, 7) is 1.12. The van der Waals surface area contributed by atoms with E-state index in [9.17, 15) is 4.79 Å². The molecule has 1 saturated heterocycles. The van der Waals surface area contributed by atoms with Crippen molar-refractivity contribution in [2.45, 2.75) is 19.0 Å². The van der Waals surface area contributed by atoms with Crippen LogP contribution in [0.2, 0.25) is 0 Å². The van der Waals surface area contributed by atoms with Crippen LogP contribution in [0.15, 0.2) is 36.8 Å². The highest BCUT2D eigenvalue weighted by atomic mass is 16.5. The van der Waals surface area contributed by atoms with E-state index in [-0.39, 0.29) is 11.9 Å². The maximum atomic E-state index is 12.7. The number of carbonyl (C=O) groups is 1. The number of carbonyl (C=O) groups excluding carboxylic acids is 1. The summed E-state index contributed by atoms with van der Waals surface area (Å²) in [4.78, 5) is 22.5. The molecule has 1 N–H and O–H groups in total. The monoisotopic (exact) mass is 328 g/mol. The molecule has 1 aromatic heterocycles. The highest BCUT2D eigenvalue weighted by Gasteiger charge is 2.33. The second kappa shape index (κ2) is 7.27. The molecule has 0 spiro atoms. The largest absolute Gasteiger partial charge is 0.495 e. The summed E-state index contributed by atoms with van der Waals surface area (Å²) in [5, 5.41) is 3.27. The Morgan fingerprint density at radius 3 is 2.92 bits per heavy atom. The summed E-state index contributed by atoms with van der Waals surface area (Å²) in [6.07, 6.45) is 3.86. The maximum Gasteiger partial charge on any atom is 0.244 e. The first-order valence-electron chi connectivity index (χ1n) is 7.75. The van der Waals surface area contributed by atoms with Crippen LogP contribution in [0.5, 0.6) is 11.6 Å². The number of rotatable bonds is 6. The van der Waals surface area contributed by atoms with Crippen molar-refractivity contribution in [3.63, 3.8) is 0 Å². The van der Waals surface area contributed by atoms with Gasteiger partial charge < -0.3 is 19.7 Å². The lowest BCUT2D eigenvalue weighted by atomic mass is 10.2. The highest BCUT2D eigenvalue weighted by Crippen LogP contribution is 2.31. The lowest BCUT2D eigenvalue weighted by molar-refractivity contribution is -0.118. The lowest BCUT2D eigenvalue weighted by Gasteiger charge is -2.19. The van der Waals surface area contributed by atoms with Gasteiger partial charge in [-0.1, -0.05) is 12.1 Å². The van der Waals surface area contributed by atoms with E-state index in [2.05, 4.69) is 15.3 Å². The fourth-order valence-electron chi connectivity index (χ4n) is 2.85. The van der Waals surface area contributed by atoms with Crippen molar-refractivity contribution >= 4 is 11.6 Å². The van der Waals surface area contributed by atoms with Crippen LogP contribution < -0.4 is 19.7 Å². The van der Waals surface area contributed by atoms with E-state index in [0.717, 1.165) is 17.7 Å². The minimum Gasteiger partial charge on any atom is -0.495 e. The third-order valence-corrected chi connectivity index (χ3v) is 4.06. The Morgan fingerprint density at radius 1 is 1.29 bits per heavy atom. The van der Waals surface area contributed by atoms with Crippen LogP contribution in [0, 0.1) is 0 Å². The van der Waals surface area contributed by atoms with E-state index < -0.39 is 0 Å². The zero-order valence-corrected chi connectivity index (χ0v) is 13.7. The van der Waals surface area contributed by atoms with Gasteiger partial charge in [0.2, 0.25) is 11.8 Å². The summed E-state index contributed by atoms with van der Waals surface area (Å²) >= 11 is 0. The van der Waals surface area contributed by atoms with Crippen LogP contribution in [0.3, 0.4) is 0 Å². The zero-order valence-electron chi connectivity index (χ0n) is 13.7. The quantitative estimate of drug-likeness (QED) is 0.863. The number of para-hydroxylation sites is 2. The number of hydrogen-bond acceptors (Lipinski definition) is 6. The van der Waals surface area contributed by atoms with Gasteiger partial charge in [0, 0.05) is 24.8 Å². The molecule has 0 saturated carbocycles. The Labute approximate surface area is 140 Å². The van der Waals surface area contributed by atoms with Crippen molar-refractivity contribution in [1.82, 2.24) is 15.3 Å². The van der Waals surface area contributed by atoms with Crippen molar-refractivity contribution < 1.29 is 14.3 Å². The molecule has 2 heterocycles. The third-order valence-electron chi connectivity index (χ3n) is 4.06. The molecular weight excluding hydrogens is 308 g/mol. The molecule has 24 heavy (non-hydrogen) atoms. The molecule has 1 aromatic carbocycles. The molecule has 1 aliphatic heterocycles. The SMILES string of the molecule is COc1ccccc1N1CCC(NCc2cncnc2OC)C1=O. The predicted octanol–water partition coefficient (Wildman–Crippen LogP) is 1.39. The third kappa shape index (κ3) is 3.16. The van der Waals surface area contributed by atoms with Crippen molar-refractivity contribution in [1.29, 1.82) is 0 Å². The van der Waals surface area contributed by atoms with Crippen molar-refractivity contribution in [2.24, 2.45) is 0 Å². The molecule has 0 aliphatic carbocycles. The number of methoxy groups -OCH3 is 2. The molecule has 1 unspecified atom stereocenters. The number of aromatic nitrogens is 2. The predicted molar refractivity (Wildman–Crippen MR) is 89.2 cm³/mol. The van der Waals surface area contributed by atoms with Crippen LogP contribution in [0.1, 0.15) is 12.0 Å². The smallest absolute Gasteiger partial charge is 0.244 e. The Kier molecular flexibility index (Phi) is 4.90. The van der Waals surface area contributed by atoms with Gasteiger partial charge in [-0.25, -0.2) is 9.97 Å².